The standard InChI is InChI=1S/C11H22O3/c1-6-13-11(12)14-7-10(8(2)3)9(4)5/h8-10H,6-7H2,1-5H3. The molecule has 0 saturated heterocycles. The fourth-order valence-electron chi connectivity index (χ4n) is 1.48. The van der Waals surface area contributed by atoms with Crippen molar-refractivity contribution in [2.45, 2.75) is 34.6 Å². The Hall–Kier alpha value is -0.730. The summed E-state index contributed by atoms with van der Waals surface area (Å²) in [6, 6.07) is 0. The zero-order valence-electron chi connectivity index (χ0n) is 9.87. The molecule has 3 nitrogen and oxygen atoms in total. The minimum Gasteiger partial charge on any atom is -0.435 e. The van der Waals surface area contributed by atoms with Crippen molar-refractivity contribution in [3.8, 4) is 0 Å². The van der Waals surface area contributed by atoms with Crippen molar-refractivity contribution in [1.82, 2.24) is 0 Å². The molecule has 0 bridgehead atoms. The SMILES string of the molecule is CCOC(=O)OCC(C(C)C)C(C)C. The molecule has 0 amide bonds. The van der Waals surface area contributed by atoms with Crippen LogP contribution in [0.4, 0.5) is 4.79 Å². The lowest BCUT2D eigenvalue weighted by Gasteiger charge is -2.23. The Morgan fingerprint density at radius 3 is 1.93 bits per heavy atom. The van der Waals surface area contributed by atoms with Crippen LogP contribution in [0.1, 0.15) is 34.6 Å². The summed E-state index contributed by atoms with van der Waals surface area (Å²) in [4.78, 5) is 10.9. The topological polar surface area (TPSA) is 35.5 Å². The van der Waals surface area contributed by atoms with Gasteiger partial charge in [0.1, 0.15) is 0 Å². The van der Waals surface area contributed by atoms with Gasteiger partial charge in [-0.3, -0.25) is 0 Å². The fraction of sp³-hybridized carbons (Fsp3) is 0.909. The average Bonchev–Trinajstić information content (AvgIpc) is 2.03. The second-order valence-electron chi connectivity index (χ2n) is 4.15. The average molecular weight is 202 g/mol. The van der Waals surface area contributed by atoms with Gasteiger partial charge in [0.15, 0.2) is 0 Å². The van der Waals surface area contributed by atoms with Crippen molar-refractivity contribution >= 4 is 6.16 Å². The molecule has 0 aliphatic heterocycles. The normalized spacial score (nSPS) is 11.1. The van der Waals surface area contributed by atoms with Crippen LogP contribution in [0.3, 0.4) is 0 Å². The molecule has 14 heavy (non-hydrogen) atoms. The van der Waals surface area contributed by atoms with Gasteiger partial charge in [-0.05, 0) is 24.7 Å². The summed E-state index contributed by atoms with van der Waals surface area (Å²) in [5.74, 6) is 1.44. The van der Waals surface area contributed by atoms with Gasteiger partial charge in [-0.25, -0.2) is 4.79 Å². The first-order chi connectivity index (χ1) is 6.49. The Morgan fingerprint density at radius 2 is 1.57 bits per heavy atom. The van der Waals surface area contributed by atoms with Gasteiger partial charge in [0.25, 0.3) is 0 Å². The van der Waals surface area contributed by atoms with Crippen LogP contribution in [0.25, 0.3) is 0 Å². The largest absolute Gasteiger partial charge is 0.508 e. The van der Waals surface area contributed by atoms with Crippen LogP contribution in [-0.2, 0) is 9.47 Å². The Labute approximate surface area is 86.8 Å². The summed E-state index contributed by atoms with van der Waals surface area (Å²) in [6.45, 7) is 11.1. The molecule has 84 valence electrons. The third kappa shape index (κ3) is 5.10. The summed E-state index contributed by atoms with van der Waals surface area (Å²) < 4.78 is 9.70. The summed E-state index contributed by atoms with van der Waals surface area (Å²) in [5, 5.41) is 0. The van der Waals surface area contributed by atoms with Crippen molar-refractivity contribution in [2.75, 3.05) is 13.2 Å². The minimum absolute atomic E-state index is 0.368. The van der Waals surface area contributed by atoms with E-state index in [2.05, 4.69) is 27.7 Å². The lowest BCUT2D eigenvalue weighted by atomic mass is 9.86. The molecule has 0 unspecified atom stereocenters. The second-order valence-corrected chi connectivity index (χ2v) is 4.15. The number of hydrogen-bond donors (Lipinski definition) is 0. The minimum atomic E-state index is -0.557. The number of ether oxygens (including phenoxy) is 2. The number of rotatable bonds is 5. The van der Waals surface area contributed by atoms with E-state index >= 15 is 0 Å². The highest BCUT2D eigenvalue weighted by Crippen LogP contribution is 2.20. The molecule has 0 heterocycles. The van der Waals surface area contributed by atoms with Crippen LogP contribution in [0.2, 0.25) is 0 Å². The van der Waals surface area contributed by atoms with E-state index in [0.29, 0.717) is 31.0 Å². The third-order valence-electron chi connectivity index (χ3n) is 2.37. The quantitative estimate of drug-likeness (QED) is 0.643. The van der Waals surface area contributed by atoms with Gasteiger partial charge in [-0.15, -0.1) is 0 Å². The first-order valence-electron chi connectivity index (χ1n) is 5.28. The third-order valence-corrected chi connectivity index (χ3v) is 2.37. The lowest BCUT2D eigenvalue weighted by molar-refractivity contribution is 0.0342. The van der Waals surface area contributed by atoms with Gasteiger partial charge >= 0.3 is 6.16 Å². The van der Waals surface area contributed by atoms with Crippen LogP contribution in [0.5, 0.6) is 0 Å². The van der Waals surface area contributed by atoms with Crippen LogP contribution in [0, 0.1) is 17.8 Å². The summed E-state index contributed by atoms with van der Waals surface area (Å²) >= 11 is 0. The lowest BCUT2D eigenvalue weighted by Crippen LogP contribution is -2.23. The molecule has 0 aromatic heterocycles. The number of hydrogen-bond acceptors (Lipinski definition) is 3. The molecule has 0 aromatic carbocycles. The molecule has 0 N–H and O–H groups in total. The molecule has 0 aliphatic rings. The van der Waals surface area contributed by atoms with E-state index in [4.69, 9.17) is 9.47 Å². The molecule has 0 fully saturated rings. The number of carbonyl (C=O) groups is 1. The molecule has 0 atom stereocenters. The highest BCUT2D eigenvalue weighted by Gasteiger charge is 2.19. The van der Waals surface area contributed by atoms with E-state index in [1.807, 2.05) is 0 Å². The van der Waals surface area contributed by atoms with E-state index in [9.17, 15) is 4.79 Å². The van der Waals surface area contributed by atoms with Gasteiger partial charge in [0.2, 0.25) is 0 Å². The van der Waals surface area contributed by atoms with Crippen molar-refractivity contribution in [3.05, 3.63) is 0 Å². The molecule has 0 spiro atoms. The zero-order valence-corrected chi connectivity index (χ0v) is 9.87. The summed E-state index contributed by atoms with van der Waals surface area (Å²) in [5.41, 5.74) is 0. The Balaban J connectivity index is 3.88. The zero-order chi connectivity index (χ0) is 11.1. The van der Waals surface area contributed by atoms with Crippen LogP contribution >= 0.6 is 0 Å². The molecule has 3 heteroatoms. The van der Waals surface area contributed by atoms with Crippen LogP contribution in [0.15, 0.2) is 0 Å². The van der Waals surface area contributed by atoms with Crippen molar-refractivity contribution in [1.29, 1.82) is 0 Å². The monoisotopic (exact) mass is 202 g/mol. The molecule has 0 aliphatic carbocycles. The van der Waals surface area contributed by atoms with Gasteiger partial charge in [0.05, 0.1) is 13.2 Å². The summed E-state index contributed by atoms with van der Waals surface area (Å²) in [7, 11) is 0. The van der Waals surface area contributed by atoms with E-state index in [1.165, 1.54) is 0 Å². The van der Waals surface area contributed by atoms with Gasteiger partial charge < -0.3 is 9.47 Å². The van der Waals surface area contributed by atoms with E-state index in [-0.39, 0.29) is 0 Å². The Kier molecular flexibility index (Phi) is 6.34. The molecule has 0 saturated carbocycles. The van der Waals surface area contributed by atoms with Gasteiger partial charge in [-0.2, -0.15) is 0 Å². The second kappa shape index (κ2) is 6.68. The maximum absolute atomic E-state index is 10.9. The summed E-state index contributed by atoms with van der Waals surface area (Å²) in [6.07, 6.45) is -0.557. The first kappa shape index (κ1) is 13.3. The molecule has 0 radical (unpaired) electrons. The molecule has 0 rings (SSSR count). The molecular formula is C11H22O3. The van der Waals surface area contributed by atoms with E-state index in [1.54, 1.807) is 6.92 Å². The Morgan fingerprint density at radius 1 is 1.07 bits per heavy atom. The highest BCUT2D eigenvalue weighted by molar-refractivity contribution is 5.59. The number of carbonyl (C=O) groups excluding carboxylic acids is 1. The molecule has 0 aromatic rings. The first-order valence-corrected chi connectivity index (χ1v) is 5.28. The molecular weight excluding hydrogens is 180 g/mol. The van der Waals surface area contributed by atoms with Crippen LogP contribution < -0.4 is 0 Å². The van der Waals surface area contributed by atoms with Gasteiger partial charge in [0, 0.05) is 0 Å². The maximum atomic E-state index is 10.9. The predicted octanol–water partition coefficient (Wildman–Crippen LogP) is 3.09. The smallest absolute Gasteiger partial charge is 0.435 e. The predicted molar refractivity (Wildman–Crippen MR) is 56.1 cm³/mol. The van der Waals surface area contributed by atoms with Crippen molar-refractivity contribution in [3.63, 3.8) is 0 Å². The van der Waals surface area contributed by atoms with Crippen molar-refractivity contribution < 1.29 is 14.3 Å². The highest BCUT2D eigenvalue weighted by atomic mass is 16.7. The van der Waals surface area contributed by atoms with E-state index in [0.717, 1.165) is 0 Å². The van der Waals surface area contributed by atoms with Crippen LogP contribution in [-0.4, -0.2) is 19.4 Å². The fourth-order valence-corrected chi connectivity index (χ4v) is 1.48. The van der Waals surface area contributed by atoms with Crippen molar-refractivity contribution in [2.24, 2.45) is 17.8 Å². The Bertz CT molecular complexity index is 156. The van der Waals surface area contributed by atoms with E-state index < -0.39 is 6.16 Å². The van der Waals surface area contributed by atoms with Gasteiger partial charge in [-0.1, -0.05) is 27.7 Å². The maximum Gasteiger partial charge on any atom is 0.508 e.